The van der Waals surface area contributed by atoms with Crippen LogP contribution in [0.2, 0.25) is 0 Å². The summed E-state index contributed by atoms with van der Waals surface area (Å²) in [7, 11) is 0. The van der Waals surface area contributed by atoms with Crippen LogP contribution in [-0.2, 0) is 24.2 Å². The highest BCUT2D eigenvalue weighted by atomic mass is 16.2. The highest BCUT2D eigenvalue weighted by Crippen LogP contribution is 2.21. The Morgan fingerprint density at radius 2 is 1.81 bits per heavy atom. The molecule has 7 nitrogen and oxygen atoms in total. The van der Waals surface area contributed by atoms with E-state index in [9.17, 15) is 9.59 Å². The van der Waals surface area contributed by atoms with E-state index in [0.717, 1.165) is 24.2 Å². The van der Waals surface area contributed by atoms with Crippen molar-refractivity contribution >= 4 is 5.91 Å². The lowest BCUT2D eigenvalue weighted by Crippen LogP contribution is -2.40. The summed E-state index contributed by atoms with van der Waals surface area (Å²) in [5, 5.41) is 11.7. The number of hydrogen-bond donors (Lipinski definition) is 1. The van der Waals surface area contributed by atoms with Crippen molar-refractivity contribution in [2.45, 2.75) is 39.3 Å². The standard InChI is InChI=1S/C20H21N5O2/c1-13-9-14(2)25(22-13)18-7-8-20(27)24(23-18)12-19(26)21-17-10-15-5-3-4-6-16(15)11-17/h3-9,17H,10-12H2,1-2H3,(H,21,26). The highest BCUT2D eigenvalue weighted by molar-refractivity contribution is 5.76. The van der Waals surface area contributed by atoms with Gasteiger partial charge < -0.3 is 5.32 Å². The van der Waals surface area contributed by atoms with Gasteiger partial charge in [-0.05, 0) is 49.9 Å². The first kappa shape index (κ1) is 17.2. The van der Waals surface area contributed by atoms with Crippen molar-refractivity contribution in [1.29, 1.82) is 0 Å². The third kappa shape index (κ3) is 3.53. The molecular weight excluding hydrogens is 342 g/mol. The summed E-state index contributed by atoms with van der Waals surface area (Å²) in [6, 6.07) is 13.2. The monoisotopic (exact) mass is 363 g/mol. The van der Waals surface area contributed by atoms with Crippen LogP contribution in [0, 0.1) is 13.8 Å². The normalized spacial score (nSPS) is 13.6. The van der Waals surface area contributed by atoms with Crippen LogP contribution in [0.3, 0.4) is 0 Å². The number of fused-ring (bicyclic) bond motifs is 1. The van der Waals surface area contributed by atoms with Crippen LogP contribution in [0.25, 0.3) is 5.82 Å². The largest absolute Gasteiger partial charge is 0.351 e. The minimum atomic E-state index is -0.315. The Bertz CT molecular complexity index is 1040. The highest BCUT2D eigenvalue weighted by Gasteiger charge is 2.22. The SMILES string of the molecule is Cc1cc(C)n(-c2ccc(=O)n(CC(=O)NC3Cc4ccccc4C3)n2)n1. The molecule has 4 rings (SSSR count). The molecule has 1 aromatic carbocycles. The second kappa shape index (κ2) is 6.83. The van der Waals surface area contributed by atoms with Crippen LogP contribution in [0.1, 0.15) is 22.5 Å². The van der Waals surface area contributed by atoms with Crippen LogP contribution < -0.4 is 10.9 Å². The first-order valence-corrected chi connectivity index (χ1v) is 8.97. The fourth-order valence-corrected chi connectivity index (χ4v) is 3.60. The molecule has 0 fully saturated rings. The van der Waals surface area contributed by atoms with Crippen molar-refractivity contribution in [3.63, 3.8) is 0 Å². The smallest absolute Gasteiger partial charge is 0.267 e. The van der Waals surface area contributed by atoms with Gasteiger partial charge in [-0.25, -0.2) is 9.36 Å². The predicted molar refractivity (Wildman–Crippen MR) is 101 cm³/mol. The zero-order valence-corrected chi connectivity index (χ0v) is 15.3. The number of nitrogens with zero attached hydrogens (tertiary/aromatic N) is 4. The number of amides is 1. The number of nitrogens with one attached hydrogen (secondary N) is 1. The number of benzene rings is 1. The van der Waals surface area contributed by atoms with Gasteiger partial charge in [-0.1, -0.05) is 24.3 Å². The Labute approximate surface area is 156 Å². The topological polar surface area (TPSA) is 81.8 Å². The summed E-state index contributed by atoms with van der Waals surface area (Å²) in [5.74, 6) is 0.300. The van der Waals surface area contributed by atoms with E-state index in [2.05, 4.69) is 27.6 Å². The van der Waals surface area contributed by atoms with Crippen molar-refractivity contribution in [3.8, 4) is 5.82 Å². The quantitative estimate of drug-likeness (QED) is 0.758. The van der Waals surface area contributed by atoms with Gasteiger partial charge in [0, 0.05) is 17.8 Å². The van der Waals surface area contributed by atoms with Crippen molar-refractivity contribution in [1.82, 2.24) is 24.9 Å². The second-order valence-electron chi connectivity index (χ2n) is 6.97. The Morgan fingerprint density at radius 3 is 2.44 bits per heavy atom. The lowest BCUT2D eigenvalue weighted by Gasteiger charge is -2.13. The lowest BCUT2D eigenvalue weighted by molar-refractivity contribution is -0.122. The van der Waals surface area contributed by atoms with Crippen molar-refractivity contribution in [3.05, 3.63) is 75.3 Å². The summed E-state index contributed by atoms with van der Waals surface area (Å²) in [6.07, 6.45) is 1.63. The molecule has 2 heterocycles. The molecule has 2 aromatic heterocycles. The molecule has 138 valence electrons. The number of aryl methyl sites for hydroxylation is 2. The summed E-state index contributed by atoms with van der Waals surface area (Å²) >= 11 is 0. The number of carbonyl (C=O) groups excluding carboxylic acids is 1. The van der Waals surface area contributed by atoms with Gasteiger partial charge in [0.2, 0.25) is 5.91 Å². The van der Waals surface area contributed by atoms with Gasteiger partial charge in [0.1, 0.15) is 6.54 Å². The Hall–Kier alpha value is -3.22. The molecule has 0 unspecified atom stereocenters. The summed E-state index contributed by atoms with van der Waals surface area (Å²) in [4.78, 5) is 24.6. The van der Waals surface area contributed by atoms with E-state index in [1.807, 2.05) is 32.0 Å². The Morgan fingerprint density at radius 1 is 1.11 bits per heavy atom. The molecule has 0 saturated carbocycles. The molecule has 0 radical (unpaired) electrons. The first-order valence-electron chi connectivity index (χ1n) is 8.97. The molecule has 1 aliphatic carbocycles. The summed E-state index contributed by atoms with van der Waals surface area (Å²) < 4.78 is 2.85. The van der Waals surface area contributed by atoms with E-state index in [1.54, 1.807) is 10.7 Å². The average molecular weight is 363 g/mol. The van der Waals surface area contributed by atoms with Crippen LogP contribution in [0.5, 0.6) is 0 Å². The minimum Gasteiger partial charge on any atom is -0.351 e. The van der Waals surface area contributed by atoms with Crippen molar-refractivity contribution in [2.75, 3.05) is 0 Å². The number of carbonyl (C=O) groups is 1. The Balaban J connectivity index is 1.48. The molecule has 3 aromatic rings. The van der Waals surface area contributed by atoms with Crippen LogP contribution in [0.15, 0.2) is 47.3 Å². The van der Waals surface area contributed by atoms with E-state index >= 15 is 0 Å². The van der Waals surface area contributed by atoms with Crippen molar-refractivity contribution in [2.24, 2.45) is 0 Å². The zero-order chi connectivity index (χ0) is 19.0. The van der Waals surface area contributed by atoms with E-state index in [1.165, 1.54) is 21.9 Å². The average Bonchev–Trinajstić information content (AvgIpc) is 3.18. The molecule has 0 saturated heterocycles. The lowest BCUT2D eigenvalue weighted by atomic mass is 10.1. The van der Waals surface area contributed by atoms with Crippen molar-refractivity contribution < 1.29 is 4.79 Å². The van der Waals surface area contributed by atoms with E-state index in [-0.39, 0.29) is 24.1 Å². The zero-order valence-electron chi connectivity index (χ0n) is 15.3. The molecule has 0 bridgehead atoms. The fourth-order valence-electron chi connectivity index (χ4n) is 3.60. The molecule has 27 heavy (non-hydrogen) atoms. The number of aromatic nitrogens is 4. The molecular formula is C20H21N5O2. The maximum absolute atomic E-state index is 12.5. The first-order chi connectivity index (χ1) is 13.0. The van der Waals surface area contributed by atoms with E-state index < -0.39 is 0 Å². The summed E-state index contributed by atoms with van der Waals surface area (Å²) in [6.45, 7) is 3.70. The molecule has 1 aliphatic rings. The van der Waals surface area contributed by atoms with Gasteiger partial charge in [0.05, 0.1) is 5.69 Å². The van der Waals surface area contributed by atoms with Crippen LogP contribution >= 0.6 is 0 Å². The molecule has 1 N–H and O–H groups in total. The minimum absolute atomic E-state index is 0.0600. The van der Waals surface area contributed by atoms with Gasteiger partial charge in [-0.15, -0.1) is 5.10 Å². The molecule has 7 heteroatoms. The van der Waals surface area contributed by atoms with Crippen LogP contribution in [0.4, 0.5) is 0 Å². The fraction of sp³-hybridized carbons (Fsp3) is 0.300. The molecule has 1 amide bonds. The van der Waals surface area contributed by atoms with Crippen LogP contribution in [-0.4, -0.2) is 31.5 Å². The predicted octanol–water partition coefficient (Wildman–Crippen LogP) is 1.33. The van der Waals surface area contributed by atoms with Gasteiger partial charge in [0.25, 0.3) is 5.56 Å². The Kier molecular flexibility index (Phi) is 4.35. The summed E-state index contributed by atoms with van der Waals surface area (Å²) in [5.41, 5.74) is 4.00. The van der Waals surface area contributed by atoms with E-state index in [4.69, 9.17) is 0 Å². The maximum Gasteiger partial charge on any atom is 0.267 e. The van der Waals surface area contributed by atoms with Gasteiger partial charge in [-0.3, -0.25) is 9.59 Å². The number of hydrogen-bond acceptors (Lipinski definition) is 4. The second-order valence-corrected chi connectivity index (χ2v) is 6.97. The third-order valence-electron chi connectivity index (χ3n) is 4.79. The maximum atomic E-state index is 12.5. The van der Waals surface area contributed by atoms with Gasteiger partial charge >= 0.3 is 0 Å². The molecule has 0 spiro atoms. The molecule has 0 aliphatic heterocycles. The van der Waals surface area contributed by atoms with Gasteiger partial charge in [-0.2, -0.15) is 5.10 Å². The number of rotatable bonds is 4. The van der Waals surface area contributed by atoms with Gasteiger partial charge in [0.15, 0.2) is 5.82 Å². The van der Waals surface area contributed by atoms with E-state index in [0.29, 0.717) is 5.82 Å². The molecule has 0 atom stereocenters. The third-order valence-corrected chi connectivity index (χ3v) is 4.79.